The summed E-state index contributed by atoms with van der Waals surface area (Å²) >= 11 is 0. The molecule has 2 fully saturated rings. The lowest BCUT2D eigenvalue weighted by molar-refractivity contribution is -0.144. The molecule has 1 N–H and O–H groups in total. The number of rotatable bonds is 1. The number of aliphatic hydroxyl groups is 1. The fourth-order valence-corrected chi connectivity index (χ4v) is 3.07. The van der Waals surface area contributed by atoms with Crippen molar-refractivity contribution in [3.8, 4) is 0 Å². The summed E-state index contributed by atoms with van der Waals surface area (Å²) < 4.78 is 0. The first-order valence-corrected chi connectivity index (χ1v) is 6.50. The van der Waals surface area contributed by atoms with E-state index in [2.05, 4.69) is 6.92 Å². The first-order valence-electron chi connectivity index (χ1n) is 6.50. The molecule has 2 unspecified atom stereocenters. The van der Waals surface area contributed by atoms with E-state index in [1.165, 1.54) is 12.8 Å². The van der Waals surface area contributed by atoms with Gasteiger partial charge in [-0.25, -0.2) is 0 Å². The van der Waals surface area contributed by atoms with E-state index in [0.717, 1.165) is 32.4 Å². The predicted molar refractivity (Wildman–Crippen MR) is 62.9 cm³/mol. The van der Waals surface area contributed by atoms with Crippen LogP contribution in [0, 0.1) is 11.3 Å². The molecule has 2 aliphatic rings. The summed E-state index contributed by atoms with van der Waals surface area (Å²) in [6.45, 7) is 5.61. The third kappa shape index (κ3) is 2.10. The quantitative estimate of drug-likeness (QED) is 0.739. The molecule has 92 valence electrons. The van der Waals surface area contributed by atoms with E-state index in [1.807, 2.05) is 11.8 Å². The number of hydrogen-bond donors (Lipinski definition) is 1. The topological polar surface area (TPSA) is 40.5 Å². The Bertz CT molecular complexity index is 271. The standard InChI is InChI=1S/C13H23NO2/c1-10-9-14(8-5-11(10)15)12(16)13(2)6-3-4-7-13/h10-11,15H,3-9H2,1-2H3. The van der Waals surface area contributed by atoms with Crippen LogP contribution in [0.25, 0.3) is 0 Å². The van der Waals surface area contributed by atoms with Crippen LogP contribution >= 0.6 is 0 Å². The maximum Gasteiger partial charge on any atom is 0.228 e. The molecule has 1 amide bonds. The summed E-state index contributed by atoms with van der Waals surface area (Å²) in [5.41, 5.74) is -0.109. The van der Waals surface area contributed by atoms with Gasteiger partial charge in [-0.2, -0.15) is 0 Å². The van der Waals surface area contributed by atoms with Crippen LogP contribution < -0.4 is 0 Å². The molecule has 1 saturated carbocycles. The van der Waals surface area contributed by atoms with Gasteiger partial charge < -0.3 is 10.0 Å². The minimum absolute atomic E-state index is 0.109. The molecule has 3 nitrogen and oxygen atoms in total. The molecule has 2 atom stereocenters. The van der Waals surface area contributed by atoms with Crippen molar-refractivity contribution in [3.05, 3.63) is 0 Å². The highest BCUT2D eigenvalue weighted by Gasteiger charge is 2.40. The molecule has 0 aromatic carbocycles. The van der Waals surface area contributed by atoms with Crippen molar-refractivity contribution < 1.29 is 9.90 Å². The van der Waals surface area contributed by atoms with Crippen LogP contribution in [0.3, 0.4) is 0 Å². The third-order valence-corrected chi connectivity index (χ3v) is 4.37. The van der Waals surface area contributed by atoms with Crippen LogP contribution in [0.4, 0.5) is 0 Å². The van der Waals surface area contributed by atoms with E-state index in [0.29, 0.717) is 5.91 Å². The summed E-state index contributed by atoms with van der Waals surface area (Å²) in [7, 11) is 0. The van der Waals surface area contributed by atoms with Gasteiger partial charge in [-0.05, 0) is 25.2 Å². The van der Waals surface area contributed by atoms with Crippen molar-refractivity contribution in [2.45, 2.75) is 52.1 Å². The molecule has 2 rings (SSSR count). The molecule has 0 bridgehead atoms. The summed E-state index contributed by atoms with van der Waals surface area (Å²) in [4.78, 5) is 14.4. The molecule has 1 heterocycles. The van der Waals surface area contributed by atoms with E-state index >= 15 is 0 Å². The molecular formula is C13H23NO2. The van der Waals surface area contributed by atoms with Crippen LogP contribution in [-0.2, 0) is 4.79 Å². The van der Waals surface area contributed by atoms with Gasteiger partial charge >= 0.3 is 0 Å². The molecule has 0 aromatic rings. The lowest BCUT2D eigenvalue weighted by atomic mass is 9.85. The van der Waals surface area contributed by atoms with E-state index in [-0.39, 0.29) is 17.4 Å². The average molecular weight is 225 g/mol. The Morgan fingerprint density at radius 1 is 1.38 bits per heavy atom. The highest BCUT2D eigenvalue weighted by Crippen LogP contribution is 2.39. The SMILES string of the molecule is CC1CN(C(=O)C2(C)CCCC2)CCC1O. The average Bonchev–Trinajstić information content (AvgIpc) is 2.70. The van der Waals surface area contributed by atoms with Gasteiger partial charge in [-0.15, -0.1) is 0 Å². The lowest BCUT2D eigenvalue weighted by Crippen LogP contribution is -2.49. The van der Waals surface area contributed by atoms with Gasteiger partial charge in [0.25, 0.3) is 0 Å². The van der Waals surface area contributed by atoms with E-state index in [1.54, 1.807) is 0 Å². The summed E-state index contributed by atoms with van der Waals surface area (Å²) in [5.74, 6) is 0.548. The van der Waals surface area contributed by atoms with Crippen LogP contribution in [0.2, 0.25) is 0 Å². The van der Waals surface area contributed by atoms with Gasteiger partial charge in [-0.1, -0.05) is 26.7 Å². The monoisotopic (exact) mass is 225 g/mol. The number of piperidine rings is 1. The molecule has 0 radical (unpaired) electrons. The van der Waals surface area contributed by atoms with E-state index < -0.39 is 0 Å². The minimum atomic E-state index is -0.222. The second kappa shape index (κ2) is 4.36. The van der Waals surface area contributed by atoms with Crippen molar-refractivity contribution in [1.82, 2.24) is 4.90 Å². The largest absolute Gasteiger partial charge is 0.393 e. The van der Waals surface area contributed by atoms with Gasteiger partial charge in [0.2, 0.25) is 5.91 Å². The zero-order valence-electron chi connectivity index (χ0n) is 10.4. The number of hydrogen-bond acceptors (Lipinski definition) is 2. The Morgan fingerprint density at radius 2 is 2.00 bits per heavy atom. The summed E-state index contributed by atoms with van der Waals surface area (Å²) in [6.07, 6.45) is 4.98. The Hall–Kier alpha value is -0.570. The zero-order valence-corrected chi connectivity index (χ0v) is 10.4. The van der Waals surface area contributed by atoms with Crippen molar-refractivity contribution >= 4 is 5.91 Å². The molecule has 1 aliphatic carbocycles. The maximum atomic E-state index is 12.4. The molecular weight excluding hydrogens is 202 g/mol. The Morgan fingerprint density at radius 3 is 2.56 bits per heavy atom. The first kappa shape index (κ1) is 11.9. The van der Waals surface area contributed by atoms with Crippen LogP contribution in [-0.4, -0.2) is 35.1 Å². The second-order valence-electron chi connectivity index (χ2n) is 5.85. The number of likely N-dealkylation sites (tertiary alicyclic amines) is 1. The number of carbonyl (C=O) groups excluding carboxylic acids is 1. The first-order chi connectivity index (χ1) is 7.53. The summed E-state index contributed by atoms with van der Waals surface area (Å²) in [6, 6.07) is 0. The second-order valence-corrected chi connectivity index (χ2v) is 5.85. The number of amides is 1. The zero-order chi connectivity index (χ0) is 11.8. The van der Waals surface area contributed by atoms with Gasteiger partial charge in [0.15, 0.2) is 0 Å². The lowest BCUT2D eigenvalue weighted by Gasteiger charge is -2.38. The molecule has 3 heteroatoms. The van der Waals surface area contributed by atoms with Crippen LogP contribution in [0.15, 0.2) is 0 Å². The Kier molecular flexibility index (Phi) is 3.24. The van der Waals surface area contributed by atoms with Gasteiger partial charge in [-0.3, -0.25) is 4.79 Å². The summed E-state index contributed by atoms with van der Waals surface area (Å²) in [5, 5.41) is 9.67. The Labute approximate surface area is 97.8 Å². The van der Waals surface area contributed by atoms with E-state index in [4.69, 9.17) is 0 Å². The number of nitrogens with zero attached hydrogens (tertiary/aromatic N) is 1. The predicted octanol–water partition coefficient (Wildman–Crippen LogP) is 1.80. The molecule has 0 spiro atoms. The van der Waals surface area contributed by atoms with Gasteiger partial charge in [0.1, 0.15) is 0 Å². The molecule has 1 saturated heterocycles. The van der Waals surface area contributed by atoms with E-state index in [9.17, 15) is 9.90 Å². The Balaban J connectivity index is 2.00. The molecule has 1 aliphatic heterocycles. The molecule has 16 heavy (non-hydrogen) atoms. The van der Waals surface area contributed by atoms with Crippen molar-refractivity contribution in [2.75, 3.05) is 13.1 Å². The third-order valence-electron chi connectivity index (χ3n) is 4.37. The van der Waals surface area contributed by atoms with Crippen molar-refractivity contribution in [3.63, 3.8) is 0 Å². The van der Waals surface area contributed by atoms with Gasteiger partial charge in [0, 0.05) is 18.5 Å². The normalized spacial score (nSPS) is 34.1. The smallest absolute Gasteiger partial charge is 0.228 e. The molecule has 0 aromatic heterocycles. The van der Waals surface area contributed by atoms with Crippen molar-refractivity contribution in [1.29, 1.82) is 0 Å². The fraction of sp³-hybridized carbons (Fsp3) is 0.923. The number of aliphatic hydroxyl groups excluding tert-OH is 1. The highest BCUT2D eigenvalue weighted by molar-refractivity contribution is 5.82. The van der Waals surface area contributed by atoms with Gasteiger partial charge in [0.05, 0.1) is 6.10 Å². The van der Waals surface area contributed by atoms with Crippen molar-refractivity contribution in [2.24, 2.45) is 11.3 Å². The highest BCUT2D eigenvalue weighted by atomic mass is 16.3. The fourth-order valence-electron chi connectivity index (χ4n) is 3.07. The van der Waals surface area contributed by atoms with Crippen LogP contribution in [0.5, 0.6) is 0 Å². The number of carbonyl (C=O) groups is 1. The minimum Gasteiger partial charge on any atom is -0.393 e. The maximum absolute atomic E-state index is 12.4. The van der Waals surface area contributed by atoms with Crippen LogP contribution in [0.1, 0.15) is 46.0 Å².